The Morgan fingerprint density at radius 1 is 1.58 bits per heavy atom. The van der Waals surface area contributed by atoms with E-state index < -0.39 is 0 Å². The predicted molar refractivity (Wildman–Crippen MR) is 51.2 cm³/mol. The van der Waals surface area contributed by atoms with Crippen LogP contribution in [0.25, 0.3) is 5.03 Å². The van der Waals surface area contributed by atoms with Crippen molar-refractivity contribution in [3.05, 3.63) is 34.8 Å². The van der Waals surface area contributed by atoms with Gasteiger partial charge in [-0.1, -0.05) is 18.2 Å². The van der Waals surface area contributed by atoms with Crippen LogP contribution in [0.3, 0.4) is 0 Å². The molecule has 4 heteroatoms. The summed E-state index contributed by atoms with van der Waals surface area (Å²) in [4.78, 5) is 17.0. The molecular formula is C8H7ClN2O. The number of H-pyrrole nitrogens is 1. The fraction of sp³-hybridized carbons (Fsp3) is 0. The normalized spacial score (nSPS) is 9.42. The molecule has 0 aromatic carbocycles. The van der Waals surface area contributed by atoms with Crippen molar-refractivity contribution in [3.63, 3.8) is 0 Å². The molecule has 1 aromatic heterocycles. The number of aromatic amines is 1. The van der Waals surface area contributed by atoms with E-state index in [1.54, 1.807) is 0 Å². The highest BCUT2D eigenvalue weighted by molar-refractivity contribution is 6.48. The van der Waals surface area contributed by atoms with Gasteiger partial charge in [0.05, 0.1) is 16.4 Å². The van der Waals surface area contributed by atoms with Crippen LogP contribution < -0.4 is 5.56 Å². The van der Waals surface area contributed by atoms with Gasteiger partial charge in [-0.3, -0.25) is 9.79 Å². The molecule has 0 saturated heterocycles. The number of nitrogens with one attached hydrogen (secondary N) is 1. The van der Waals surface area contributed by atoms with E-state index in [4.69, 9.17) is 11.6 Å². The Hall–Kier alpha value is -1.35. The predicted octanol–water partition coefficient (Wildman–Crippen LogP) is 1.92. The van der Waals surface area contributed by atoms with Gasteiger partial charge in [0.2, 0.25) is 5.56 Å². The van der Waals surface area contributed by atoms with Crippen molar-refractivity contribution in [1.29, 1.82) is 0 Å². The number of aliphatic imine (C=N–C) groups is 1. The molecule has 0 aliphatic rings. The minimum absolute atomic E-state index is 0.237. The van der Waals surface area contributed by atoms with Crippen LogP contribution in [0.15, 0.2) is 28.5 Å². The number of pyridine rings is 1. The Morgan fingerprint density at radius 3 is 2.75 bits per heavy atom. The molecule has 0 bridgehead atoms. The molecular weight excluding hydrogens is 176 g/mol. The molecule has 0 amide bonds. The van der Waals surface area contributed by atoms with E-state index in [0.29, 0.717) is 11.4 Å². The van der Waals surface area contributed by atoms with E-state index in [-0.39, 0.29) is 10.6 Å². The van der Waals surface area contributed by atoms with Gasteiger partial charge in [-0.25, -0.2) is 0 Å². The molecule has 0 fully saturated rings. The molecule has 62 valence electrons. The Kier molecular flexibility index (Phi) is 2.45. The molecule has 0 saturated carbocycles. The van der Waals surface area contributed by atoms with E-state index in [1.165, 1.54) is 12.1 Å². The first-order valence-electron chi connectivity index (χ1n) is 3.20. The monoisotopic (exact) mass is 182 g/mol. The summed E-state index contributed by atoms with van der Waals surface area (Å²) >= 11 is 5.61. The summed E-state index contributed by atoms with van der Waals surface area (Å²) in [6.07, 6.45) is 0. The smallest absolute Gasteiger partial charge is 0.248 e. The average Bonchev–Trinajstić information content (AvgIpc) is 2.04. The highest BCUT2D eigenvalue weighted by Gasteiger charge is 2.02. The topological polar surface area (TPSA) is 45.2 Å². The molecule has 1 aromatic rings. The van der Waals surface area contributed by atoms with E-state index in [1.807, 2.05) is 0 Å². The van der Waals surface area contributed by atoms with Crippen molar-refractivity contribution in [2.24, 2.45) is 4.99 Å². The van der Waals surface area contributed by atoms with Crippen LogP contribution in [0.2, 0.25) is 0 Å². The summed E-state index contributed by atoms with van der Waals surface area (Å²) < 4.78 is 0. The zero-order valence-electron chi connectivity index (χ0n) is 6.30. The lowest BCUT2D eigenvalue weighted by molar-refractivity contribution is 1.20. The molecule has 0 radical (unpaired) electrons. The van der Waals surface area contributed by atoms with Gasteiger partial charge in [0.25, 0.3) is 0 Å². The van der Waals surface area contributed by atoms with Crippen molar-refractivity contribution in [3.8, 4) is 0 Å². The molecule has 0 aliphatic carbocycles. The summed E-state index contributed by atoms with van der Waals surface area (Å²) in [6, 6.07) is 2.89. The molecule has 1 heterocycles. The number of halogens is 1. The SMILES string of the molecule is C=Nc1ccc(=O)[nH]c1C(=C)Cl. The largest absolute Gasteiger partial charge is 0.319 e. The molecule has 3 nitrogen and oxygen atoms in total. The summed E-state index contributed by atoms with van der Waals surface area (Å²) in [5.41, 5.74) is 0.702. The lowest BCUT2D eigenvalue weighted by Gasteiger charge is -2.00. The van der Waals surface area contributed by atoms with Crippen LogP contribution in [0.4, 0.5) is 5.69 Å². The van der Waals surface area contributed by atoms with Gasteiger partial charge in [0, 0.05) is 6.07 Å². The van der Waals surface area contributed by atoms with Gasteiger partial charge >= 0.3 is 0 Å². The van der Waals surface area contributed by atoms with Crippen molar-refractivity contribution >= 4 is 29.0 Å². The van der Waals surface area contributed by atoms with E-state index in [9.17, 15) is 4.79 Å². The average molecular weight is 183 g/mol. The first-order valence-corrected chi connectivity index (χ1v) is 3.58. The Balaban J connectivity index is 3.41. The molecule has 1 rings (SSSR count). The number of nitrogens with zero attached hydrogens (tertiary/aromatic N) is 1. The lowest BCUT2D eigenvalue weighted by Crippen LogP contribution is -2.04. The fourth-order valence-corrected chi connectivity index (χ4v) is 0.949. The van der Waals surface area contributed by atoms with Gasteiger partial charge in [0.15, 0.2) is 0 Å². The van der Waals surface area contributed by atoms with Crippen LogP contribution in [0.1, 0.15) is 5.69 Å². The highest BCUT2D eigenvalue weighted by Crippen LogP contribution is 2.23. The second kappa shape index (κ2) is 3.36. The molecule has 0 spiro atoms. The quantitative estimate of drug-likeness (QED) is 0.698. The Bertz CT molecular complexity index is 381. The minimum atomic E-state index is -0.237. The number of hydrogen-bond acceptors (Lipinski definition) is 2. The zero-order chi connectivity index (χ0) is 9.14. The standard InChI is InChI=1S/C8H7ClN2O/c1-5(9)8-6(10-2)3-4-7(12)11-8/h3-4H,1-2H2,(H,11,12). The van der Waals surface area contributed by atoms with Crippen LogP contribution >= 0.6 is 11.6 Å². The van der Waals surface area contributed by atoms with E-state index in [0.717, 1.165) is 0 Å². The second-order valence-corrected chi connectivity index (χ2v) is 2.60. The summed E-state index contributed by atoms with van der Waals surface area (Å²) in [5, 5.41) is 0.245. The maximum absolute atomic E-state index is 10.8. The molecule has 1 N–H and O–H groups in total. The van der Waals surface area contributed by atoms with Crippen LogP contribution in [0, 0.1) is 0 Å². The highest BCUT2D eigenvalue weighted by atomic mass is 35.5. The van der Waals surface area contributed by atoms with E-state index >= 15 is 0 Å². The first kappa shape index (κ1) is 8.74. The summed E-state index contributed by atoms with van der Waals surface area (Å²) in [7, 11) is 0. The maximum Gasteiger partial charge on any atom is 0.248 e. The Morgan fingerprint density at radius 2 is 2.25 bits per heavy atom. The third-order valence-electron chi connectivity index (χ3n) is 1.34. The molecule has 12 heavy (non-hydrogen) atoms. The summed E-state index contributed by atoms with van der Waals surface area (Å²) in [5.74, 6) is 0. The van der Waals surface area contributed by atoms with Crippen molar-refractivity contribution in [1.82, 2.24) is 4.98 Å². The van der Waals surface area contributed by atoms with Crippen LogP contribution in [0.5, 0.6) is 0 Å². The number of rotatable bonds is 2. The minimum Gasteiger partial charge on any atom is -0.319 e. The molecule has 0 atom stereocenters. The van der Waals surface area contributed by atoms with E-state index in [2.05, 4.69) is 23.3 Å². The third-order valence-corrected chi connectivity index (χ3v) is 1.53. The van der Waals surface area contributed by atoms with Gasteiger partial charge in [-0.2, -0.15) is 0 Å². The van der Waals surface area contributed by atoms with Gasteiger partial charge in [0.1, 0.15) is 0 Å². The number of hydrogen-bond donors (Lipinski definition) is 1. The van der Waals surface area contributed by atoms with Gasteiger partial charge in [-0.15, -0.1) is 0 Å². The van der Waals surface area contributed by atoms with Crippen LogP contribution in [-0.2, 0) is 0 Å². The van der Waals surface area contributed by atoms with Crippen molar-refractivity contribution in [2.75, 3.05) is 0 Å². The number of aromatic nitrogens is 1. The molecule has 0 unspecified atom stereocenters. The zero-order valence-corrected chi connectivity index (χ0v) is 7.06. The third kappa shape index (κ3) is 1.62. The van der Waals surface area contributed by atoms with Crippen molar-refractivity contribution < 1.29 is 0 Å². The Labute approximate surface area is 74.4 Å². The molecule has 0 aliphatic heterocycles. The lowest BCUT2D eigenvalue weighted by atomic mass is 10.3. The van der Waals surface area contributed by atoms with Gasteiger partial charge in [-0.05, 0) is 12.8 Å². The van der Waals surface area contributed by atoms with Crippen LogP contribution in [-0.4, -0.2) is 11.7 Å². The first-order chi connectivity index (χ1) is 5.65. The fourth-order valence-electron chi connectivity index (χ4n) is 0.805. The summed E-state index contributed by atoms with van der Waals surface area (Å²) in [6.45, 7) is 6.81. The maximum atomic E-state index is 10.8. The van der Waals surface area contributed by atoms with Gasteiger partial charge < -0.3 is 4.98 Å². The second-order valence-electron chi connectivity index (χ2n) is 2.15. The van der Waals surface area contributed by atoms with Crippen molar-refractivity contribution in [2.45, 2.75) is 0 Å².